The Hall–Kier alpha value is -3.20. The number of nitrogens with one attached hydrogen (secondary N) is 1. The van der Waals surface area contributed by atoms with Crippen LogP contribution in [0, 0.1) is 17.0 Å². The minimum Gasteiger partial charge on any atom is -0.486 e. The molecule has 0 bridgehead atoms. The predicted molar refractivity (Wildman–Crippen MR) is 96.4 cm³/mol. The summed E-state index contributed by atoms with van der Waals surface area (Å²) in [6, 6.07) is 8.29. The molecule has 0 spiro atoms. The van der Waals surface area contributed by atoms with Gasteiger partial charge in [0, 0.05) is 6.07 Å². The van der Waals surface area contributed by atoms with Crippen LogP contribution in [-0.4, -0.2) is 29.0 Å². The molecule has 26 heavy (non-hydrogen) atoms. The number of nitro benzene ring substituents is 1. The van der Waals surface area contributed by atoms with Gasteiger partial charge in [0.15, 0.2) is 16.6 Å². The summed E-state index contributed by atoms with van der Waals surface area (Å²) in [6.45, 7) is 2.56. The first kappa shape index (κ1) is 16.3. The normalized spacial score (nSPS) is 12.8. The number of hydrogen-bond donors (Lipinski definition) is 1. The van der Waals surface area contributed by atoms with Gasteiger partial charge in [-0.15, -0.1) is 0 Å². The van der Waals surface area contributed by atoms with Gasteiger partial charge >= 0.3 is 0 Å². The number of carbonyl (C=O) groups is 1. The molecule has 0 aliphatic carbocycles. The Kier molecular flexibility index (Phi) is 3.92. The molecule has 1 N–H and O–H groups in total. The Balaban J connectivity index is 1.70. The van der Waals surface area contributed by atoms with E-state index in [0.29, 0.717) is 24.1 Å². The van der Waals surface area contributed by atoms with Crippen molar-refractivity contribution in [3.63, 3.8) is 0 Å². The molecule has 1 aliphatic heterocycles. The van der Waals surface area contributed by atoms with E-state index in [1.165, 1.54) is 23.5 Å². The summed E-state index contributed by atoms with van der Waals surface area (Å²) in [5.41, 5.74) is 1.34. The van der Waals surface area contributed by atoms with Crippen LogP contribution in [0.1, 0.15) is 15.9 Å². The van der Waals surface area contributed by atoms with Crippen LogP contribution in [0.15, 0.2) is 30.3 Å². The third-order valence-corrected chi connectivity index (χ3v) is 4.88. The van der Waals surface area contributed by atoms with Crippen molar-refractivity contribution in [2.24, 2.45) is 0 Å². The highest BCUT2D eigenvalue weighted by atomic mass is 32.1. The Morgan fingerprint density at radius 3 is 2.69 bits per heavy atom. The monoisotopic (exact) mass is 371 g/mol. The summed E-state index contributed by atoms with van der Waals surface area (Å²) < 4.78 is 11.7. The molecule has 132 valence electrons. The van der Waals surface area contributed by atoms with Crippen LogP contribution in [0.4, 0.5) is 10.8 Å². The smallest absolute Gasteiger partial charge is 0.286 e. The first-order valence-electron chi connectivity index (χ1n) is 7.78. The molecule has 1 aromatic heterocycles. The second-order valence-corrected chi connectivity index (χ2v) is 6.70. The molecule has 3 aromatic rings. The van der Waals surface area contributed by atoms with Gasteiger partial charge in [-0.25, -0.2) is 4.98 Å². The van der Waals surface area contributed by atoms with Crippen molar-refractivity contribution in [3.8, 4) is 11.5 Å². The van der Waals surface area contributed by atoms with Gasteiger partial charge in [0.25, 0.3) is 11.6 Å². The third-order valence-electron chi connectivity index (χ3n) is 3.94. The SMILES string of the molecule is Cc1cccc2sc(NC(=O)c3cc4c(cc3[N+](=O)[O-])OCCO4)nc12. The zero-order valence-corrected chi connectivity index (χ0v) is 14.5. The molecule has 1 aliphatic rings. The average Bonchev–Trinajstić information content (AvgIpc) is 3.04. The van der Waals surface area contributed by atoms with Crippen LogP contribution in [0.5, 0.6) is 11.5 Å². The lowest BCUT2D eigenvalue weighted by molar-refractivity contribution is -0.385. The van der Waals surface area contributed by atoms with E-state index in [1.54, 1.807) is 0 Å². The number of thiazole rings is 1. The van der Waals surface area contributed by atoms with Gasteiger partial charge in [0.05, 0.1) is 21.2 Å². The standard InChI is InChI=1S/C17H13N3O5S/c1-9-3-2-4-14-15(9)18-17(26-14)19-16(21)10-7-12-13(25-6-5-24-12)8-11(10)20(22)23/h2-4,7-8H,5-6H2,1H3,(H,18,19,21). The maximum absolute atomic E-state index is 12.6. The topological polar surface area (TPSA) is 104 Å². The van der Waals surface area contributed by atoms with Crippen LogP contribution < -0.4 is 14.8 Å². The number of hydrogen-bond acceptors (Lipinski definition) is 7. The number of carbonyl (C=O) groups excluding carboxylic acids is 1. The summed E-state index contributed by atoms with van der Waals surface area (Å²) in [5.74, 6) is -0.0485. The number of para-hydroxylation sites is 1. The first-order chi connectivity index (χ1) is 12.5. The van der Waals surface area contributed by atoms with Gasteiger partial charge in [0.1, 0.15) is 18.8 Å². The average molecular weight is 371 g/mol. The highest BCUT2D eigenvalue weighted by molar-refractivity contribution is 7.22. The number of fused-ring (bicyclic) bond motifs is 2. The van der Waals surface area contributed by atoms with Crippen LogP contribution in [0.3, 0.4) is 0 Å². The summed E-state index contributed by atoms with van der Waals surface area (Å²) in [6.07, 6.45) is 0. The number of aryl methyl sites for hydroxylation is 1. The number of benzene rings is 2. The van der Waals surface area contributed by atoms with E-state index in [4.69, 9.17) is 9.47 Å². The highest BCUT2D eigenvalue weighted by Gasteiger charge is 2.27. The number of rotatable bonds is 3. The molecule has 4 rings (SSSR count). The Morgan fingerprint density at radius 2 is 2.00 bits per heavy atom. The highest BCUT2D eigenvalue weighted by Crippen LogP contribution is 2.37. The molecule has 1 amide bonds. The van der Waals surface area contributed by atoms with Crippen LogP contribution in [0.25, 0.3) is 10.2 Å². The number of nitrogens with zero attached hydrogens (tertiary/aromatic N) is 2. The van der Waals surface area contributed by atoms with Crippen molar-refractivity contribution < 1.29 is 19.2 Å². The van der Waals surface area contributed by atoms with Crippen molar-refractivity contribution in [1.82, 2.24) is 4.98 Å². The summed E-state index contributed by atoms with van der Waals surface area (Å²) in [5, 5.41) is 14.4. The maximum atomic E-state index is 12.6. The largest absolute Gasteiger partial charge is 0.486 e. The minimum atomic E-state index is -0.620. The van der Waals surface area contributed by atoms with Gasteiger partial charge in [-0.3, -0.25) is 20.2 Å². The van der Waals surface area contributed by atoms with Gasteiger partial charge < -0.3 is 9.47 Å². The number of amides is 1. The van der Waals surface area contributed by atoms with Crippen LogP contribution >= 0.6 is 11.3 Å². The van der Waals surface area contributed by atoms with Crippen LogP contribution in [0.2, 0.25) is 0 Å². The molecule has 0 saturated carbocycles. The van der Waals surface area contributed by atoms with Crippen molar-refractivity contribution in [2.75, 3.05) is 18.5 Å². The van der Waals surface area contributed by atoms with E-state index < -0.39 is 10.8 Å². The lowest BCUT2D eigenvalue weighted by Crippen LogP contribution is -2.18. The van der Waals surface area contributed by atoms with E-state index in [-0.39, 0.29) is 17.0 Å². The fraction of sp³-hybridized carbons (Fsp3) is 0.176. The zero-order valence-electron chi connectivity index (χ0n) is 13.6. The number of aromatic nitrogens is 1. The second kappa shape index (κ2) is 6.26. The molecule has 2 heterocycles. The minimum absolute atomic E-state index is 0.102. The second-order valence-electron chi connectivity index (χ2n) is 5.66. The molecular weight excluding hydrogens is 358 g/mol. The summed E-state index contributed by atoms with van der Waals surface area (Å²) in [4.78, 5) is 27.8. The quantitative estimate of drug-likeness (QED) is 0.558. The molecule has 0 fully saturated rings. The maximum Gasteiger partial charge on any atom is 0.286 e. The zero-order chi connectivity index (χ0) is 18.3. The Morgan fingerprint density at radius 1 is 1.27 bits per heavy atom. The van der Waals surface area contributed by atoms with E-state index in [2.05, 4.69) is 10.3 Å². The fourth-order valence-electron chi connectivity index (χ4n) is 2.72. The summed E-state index contributed by atoms with van der Waals surface area (Å²) in [7, 11) is 0. The summed E-state index contributed by atoms with van der Waals surface area (Å²) >= 11 is 1.31. The molecule has 0 saturated heterocycles. The lowest BCUT2D eigenvalue weighted by atomic mass is 10.1. The van der Waals surface area contributed by atoms with Crippen molar-refractivity contribution in [2.45, 2.75) is 6.92 Å². The van der Waals surface area contributed by atoms with Crippen molar-refractivity contribution in [3.05, 3.63) is 51.6 Å². The van der Waals surface area contributed by atoms with Crippen LogP contribution in [-0.2, 0) is 0 Å². The molecule has 9 heteroatoms. The van der Waals surface area contributed by atoms with E-state index in [0.717, 1.165) is 15.8 Å². The molecule has 0 radical (unpaired) electrons. The fourth-order valence-corrected chi connectivity index (χ4v) is 3.65. The number of ether oxygens (including phenoxy) is 2. The van der Waals surface area contributed by atoms with Gasteiger partial charge in [-0.1, -0.05) is 23.5 Å². The van der Waals surface area contributed by atoms with Gasteiger partial charge in [-0.2, -0.15) is 0 Å². The van der Waals surface area contributed by atoms with Crippen molar-refractivity contribution >= 4 is 38.3 Å². The molecular formula is C17H13N3O5S. The molecule has 0 unspecified atom stereocenters. The third kappa shape index (κ3) is 2.82. The lowest BCUT2D eigenvalue weighted by Gasteiger charge is -2.18. The number of nitro groups is 1. The Bertz CT molecular complexity index is 1050. The molecule has 2 aromatic carbocycles. The van der Waals surface area contributed by atoms with Gasteiger partial charge in [0.2, 0.25) is 0 Å². The molecule has 8 nitrogen and oxygen atoms in total. The van der Waals surface area contributed by atoms with E-state index in [9.17, 15) is 14.9 Å². The Labute approximate surface area is 151 Å². The van der Waals surface area contributed by atoms with Crippen molar-refractivity contribution in [1.29, 1.82) is 0 Å². The van der Waals surface area contributed by atoms with E-state index in [1.807, 2.05) is 25.1 Å². The molecule has 0 atom stereocenters. The van der Waals surface area contributed by atoms with Gasteiger partial charge in [-0.05, 0) is 18.6 Å². The first-order valence-corrected chi connectivity index (χ1v) is 8.60. The predicted octanol–water partition coefficient (Wildman–Crippen LogP) is 3.54. The van der Waals surface area contributed by atoms with E-state index >= 15 is 0 Å². The number of anilines is 1.